The van der Waals surface area contributed by atoms with Gasteiger partial charge in [0.25, 0.3) is 5.69 Å². The standard InChI is InChI=1S/C13H18N2O5S/c1-10-3-2-4-12(15(17)18)13(10)21(19,20)14-7-5-11(9-16)6-8-14/h2-4,11,16H,5-9H2,1H3. The number of rotatable bonds is 4. The number of hydrogen-bond donors (Lipinski definition) is 1. The highest BCUT2D eigenvalue weighted by atomic mass is 32.2. The van der Waals surface area contributed by atoms with Gasteiger partial charge in [0.2, 0.25) is 10.0 Å². The Labute approximate surface area is 123 Å². The quantitative estimate of drug-likeness (QED) is 0.667. The number of sulfonamides is 1. The van der Waals surface area contributed by atoms with Gasteiger partial charge in [-0.2, -0.15) is 4.31 Å². The molecule has 1 N–H and O–H groups in total. The van der Waals surface area contributed by atoms with Crippen molar-refractivity contribution < 1.29 is 18.4 Å². The summed E-state index contributed by atoms with van der Waals surface area (Å²) >= 11 is 0. The molecule has 116 valence electrons. The highest BCUT2D eigenvalue weighted by molar-refractivity contribution is 7.89. The van der Waals surface area contributed by atoms with E-state index in [0.717, 1.165) is 0 Å². The highest BCUT2D eigenvalue weighted by Crippen LogP contribution is 2.31. The minimum Gasteiger partial charge on any atom is -0.396 e. The lowest BCUT2D eigenvalue weighted by Crippen LogP contribution is -2.39. The minimum absolute atomic E-state index is 0.0401. The monoisotopic (exact) mass is 314 g/mol. The van der Waals surface area contributed by atoms with Crippen LogP contribution in [-0.2, 0) is 10.0 Å². The molecule has 1 aromatic carbocycles. The number of nitro groups is 1. The molecule has 21 heavy (non-hydrogen) atoms. The number of aliphatic hydroxyl groups is 1. The van der Waals surface area contributed by atoms with Crippen molar-refractivity contribution in [3.05, 3.63) is 33.9 Å². The molecule has 1 saturated heterocycles. The van der Waals surface area contributed by atoms with Gasteiger partial charge >= 0.3 is 0 Å². The van der Waals surface area contributed by atoms with Crippen LogP contribution in [-0.4, -0.2) is 42.4 Å². The number of aliphatic hydroxyl groups excluding tert-OH is 1. The Bertz CT molecular complexity index is 636. The molecule has 0 amide bonds. The van der Waals surface area contributed by atoms with Crippen molar-refractivity contribution in [3.63, 3.8) is 0 Å². The molecule has 0 radical (unpaired) electrons. The number of nitro benzene ring substituents is 1. The lowest BCUT2D eigenvalue weighted by molar-refractivity contribution is -0.387. The molecule has 2 rings (SSSR count). The Kier molecular flexibility index (Phi) is 4.60. The van der Waals surface area contributed by atoms with Crippen LogP contribution in [0.5, 0.6) is 0 Å². The molecule has 0 spiro atoms. The molecule has 1 aliphatic rings. The van der Waals surface area contributed by atoms with Crippen LogP contribution in [0, 0.1) is 23.0 Å². The molecule has 1 aliphatic heterocycles. The highest BCUT2D eigenvalue weighted by Gasteiger charge is 2.35. The van der Waals surface area contributed by atoms with Gasteiger partial charge < -0.3 is 5.11 Å². The van der Waals surface area contributed by atoms with Crippen LogP contribution < -0.4 is 0 Å². The summed E-state index contributed by atoms with van der Waals surface area (Å²) in [4.78, 5) is 10.2. The Morgan fingerprint density at radius 1 is 1.38 bits per heavy atom. The van der Waals surface area contributed by atoms with Crippen LogP contribution in [0.15, 0.2) is 23.1 Å². The summed E-state index contributed by atoms with van der Waals surface area (Å²) in [5, 5.41) is 20.2. The number of aryl methyl sites for hydroxylation is 1. The number of benzene rings is 1. The van der Waals surface area contributed by atoms with Crippen LogP contribution in [0.4, 0.5) is 5.69 Å². The lowest BCUT2D eigenvalue weighted by Gasteiger charge is -2.30. The van der Waals surface area contributed by atoms with E-state index in [4.69, 9.17) is 5.11 Å². The van der Waals surface area contributed by atoms with Gasteiger partial charge in [0.05, 0.1) is 4.92 Å². The molecule has 0 saturated carbocycles. The summed E-state index contributed by atoms with van der Waals surface area (Å²) in [5.41, 5.74) is -0.0206. The second-order valence-corrected chi connectivity index (χ2v) is 7.09. The summed E-state index contributed by atoms with van der Waals surface area (Å²) in [6.45, 7) is 2.15. The van der Waals surface area contributed by atoms with Crippen LogP contribution >= 0.6 is 0 Å². The maximum atomic E-state index is 12.7. The zero-order valence-corrected chi connectivity index (χ0v) is 12.5. The van der Waals surface area contributed by atoms with Crippen molar-refractivity contribution in [3.8, 4) is 0 Å². The zero-order valence-electron chi connectivity index (χ0n) is 11.7. The summed E-state index contributed by atoms with van der Waals surface area (Å²) in [5.74, 6) is 0.100. The van der Waals surface area contributed by atoms with Crippen LogP contribution in [0.1, 0.15) is 18.4 Å². The van der Waals surface area contributed by atoms with Gasteiger partial charge in [0, 0.05) is 25.8 Å². The molecule has 1 aromatic rings. The largest absolute Gasteiger partial charge is 0.396 e. The normalized spacial score (nSPS) is 17.8. The van der Waals surface area contributed by atoms with Crippen molar-refractivity contribution in [1.82, 2.24) is 4.31 Å². The Morgan fingerprint density at radius 2 is 2.00 bits per heavy atom. The minimum atomic E-state index is -3.89. The van der Waals surface area contributed by atoms with Gasteiger partial charge in [-0.3, -0.25) is 10.1 Å². The molecule has 1 fully saturated rings. The predicted molar refractivity (Wildman–Crippen MR) is 76.4 cm³/mol. The fourth-order valence-electron chi connectivity index (χ4n) is 2.58. The molecule has 7 nitrogen and oxygen atoms in total. The number of piperidine rings is 1. The van der Waals surface area contributed by atoms with E-state index in [9.17, 15) is 18.5 Å². The number of hydrogen-bond acceptors (Lipinski definition) is 5. The number of nitrogens with zero attached hydrogens (tertiary/aromatic N) is 2. The first-order valence-corrected chi connectivity index (χ1v) is 8.17. The SMILES string of the molecule is Cc1cccc([N+](=O)[O-])c1S(=O)(=O)N1CCC(CO)CC1. The second kappa shape index (κ2) is 6.08. The first kappa shape index (κ1) is 15.9. The predicted octanol–water partition coefficient (Wildman–Crippen LogP) is 1.30. The average Bonchev–Trinajstić information content (AvgIpc) is 2.46. The van der Waals surface area contributed by atoms with Gasteiger partial charge in [-0.1, -0.05) is 12.1 Å². The van der Waals surface area contributed by atoms with Crippen LogP contribution in [0.2, 0.25) is 0 Å². The second-order valence-electron chi connectivity index (χ2n) is 5.21. The lowest BCUT2D eigenvalue weighted by atomic mass is 10.00. The maximum Gasteiger partial charge on any atom is 0.289 e. The van der Waals surface area contributed by atoms with Gasteiger partial charge in [-0.05, 0) is 31.2 Å². The summed E-state index contributed by atoms with van der Waals surface area (Å²) < 4.78 is 26.6. The average molecular weight is 314 g/mol. The maximum absolute atomic E-state index is 12.7. The molecule has 8 heteroatoms. The van der Waals surface area contributed by atoms with Gasteiger partial charge in [-0.25, -0.2) is 8.42 Å². The van der Waals surface area contributed by atoms with E-state index in [2.05, 4.69) is 0 Å². The molecule has 0 aliphatic carbocycles. The van der Waals surface area contributed by atoms with Crippen molar-refractivity contribution >= 4 is 15.7 Å². The van der Waals surface area contributed by atoms with Crippen LogP contribution in [0.3, 0.4) is 0 Å². The van der Waals surface area contributed by atoms with Crippen molar-refractivity contribution in [2.45, 2.75) is 24.7 Å². The van der Waals surface area contributed by atoms with E-state index in [0.29, 0.717) is 18.4 Å². The van der Waals surface area contributed by atoms with Crippen molar-refractivity contribution in [2.75, 3.05) is 19.7 Å². The fraction of sp³-hybridized carbons (Fsp3) is 0.538. The van der Waals surface area contributed by atoms with E-state index >= 15 is 0 Å². The molecule has 0 atom stereocenters. The third-order valence-electron chi connectivity index (χ3n) is 3.82. The van der Waals surface area contributed by atoms with Crippen molar-refractivity contribution in [1.29, 1.82) is 0 Å². The smallest absolute Gasteiger partial charge is 0.289 e. The van der Waals surface area contributed by atoms with E-state index < -0.39 is 14.9 Å². The molecule has 0 bridgehead atoms. The summed E-state index contributed by atoms with van der Waals surface area (Å²) in [7, 11) is -3.89. The Balaban J connectivity index is 2.39. The topological polar surface area (TPSA) is 101 Å². The molecule has 0 aromatic heterocycles. The Hall–Kier alpha value is -1.51. The van der Waals surface area contributed by atoms with E-state index in [1.807, 2.05) is 0 Å². The first-order chi connectivity index (χ1) is 9.87. The van der Waals surface area contributed by atoms with Crippen LogP contribution in [0.25, 0.3) is 0 Å². The molecular formula is C13H18N2O5S. The summed E-state index contributed by atoms with van der Waals surface area (Å²) in [6.07, 6.45) is 1.13. The molecule has 0 unspecified atom stereocenters. The van der Waals surface area contributed by atoms with Gasteiger partial charge in [0.15, 0.2) is 4.90 Å². The van der Waals surface area contributed by atoms with E-state index in [-0.39, 0.29) is 36.2 Å². The Morgan fingerprint density at radius 3 is 2.52 bits per heavy atom. The first-order valence-electron chi connectivity index (χ1n) is 6.73. The fourth-order valence-corrected chi connectivity index (χ4v) is 4.41. The van der Waals surface area contributed by atoms with Crippen molar-refractivity contribution in [2.24, 2.45) is 5.92 Å². The molecule has 1 heterocycles. The van der Waals surface area contributed by atoms with E-state index in [1.165, 1.54) is 16.4 Å². The zero-order chi connectivity index (χ0) is 15.6. The van der Waals surface area contributed by atoms with Gasteiger partial charge in [-0.15, -0.1) is 0 Å². The third-order valence-corrected chi connectivity index (χ3v) is 5.91. The summed E-state index contributed by atoms with van der Waals surface area (Å²) in [6, 6.07) is 4.24. The van der Waals surface area contributed by atoms with Gasteiger partial charge in [0.1, 0.15) is 0 Å². The third kappa shape index (κ3) is 3.07. The molecular weight excluding hydrogens is 296 g/mol. The van der Waals surface area contributed by atoms with E-state index in [1.54, 1.807) is 13.0 Å².